The van der Waals surface area contributed by atoms with Crippen LogP contribution in [0.2, 0.25) is 0 Å². The number of rotatable bonds is 3. The third-order valence-corrected chi connectivity index (χ3v) is 4.17. The second-order valence-corrected chi connectivity index (χ2v) is 6.72. The highest BCUT2D eigenvalue weighted by molar-refractivity contribution is 8.00. The van der Waals surface area contributed by atoms with Crippen LogP contribution in [0.4, 0.5) is 0 Å². The van der Waals surface area contributed by atoms with Gasteiger partial charge in [0.25, 0.3) is 0 Å². The van der Waals surface area contributed by atoms with E-state index in [-0.39, 0.29) is 4.75 Å². The number of benzene rings is 1. The third kappa shape index (κ3) is 2.48. The molecule has 2 aromatic rings. The van der Waals surface area contributed by atoms with Crippen LogP contribution in [0.25, 0.3) is 11.0 Å². The average Bonchev–Trinajstić information content (AvgIpc) is 2.54. The Morgan fingerprint density at radius 2 is 2.12 bits per heavy atom. The maximum Gasteiger partial charge on any atom is 0.106 e. The number of aromatic nitrogens is 2. The predicted octanol–water partition coefficient (Wildman–Crippen LogP) is 2.71. The summed E-state index contributed by atoms with van der Waals surface area (Å²) in [4.78, 5) is 5.78. The van der Waals surface area contributed by atoms with Crippen molar-refractivity contribution in [1.29, 1.82) is 0 Å². The van der Waals surface area contributed by atoms with Crippen molar-refractivity contribution in [2.24, 2.45) is 12.8 Å². The molecule has 3 nitrogen and oxygen atoms in total. The standard InChI is InChI=1S/C13H19N3S/c1-9-15-11-7-10(17-13(2,3)8-14)5-6-12(11)16(9)4/h5-7H,8,14H2,1-4H3. The first-order chi connectivity index (χ1) is 7.93. The highest BCUT2D eigenvalue weighted by atomic mass is 32.2. The molecule has 0 fully saturated rings. The van der Waals surface area contributed by atoms with Crippen LogP contribution in [0.1, 0.15) is 19.7 Å². The Bertz CT molecular complexity index is 543. The summed E-state index contributed by atoms with van der Waals surface area (Å²) in [5.41, 5.74) is 7.99. The van der Waals surface area contributed by atoms with Crippen molar-refractivity contribution < 1.29 is 0 Å². The van der Waals surface area contributed by atoms with Crippen LogP contribution < -0.4 is 5.73 Å². The van der Waals surface area contributed by atoms with E-state index in [2.05, 4.69) is 41.6 Å². The number of hydrogen-bond donors (Lipinski definition) is 1. The first kappa shape index (κ1) is 12.5. The second kappa shape index (κ2) is 4.35. The minimum atomic E-state index is 0.0670. The van der Waals surface area contributed by atoms with E-state index in [4.69, 9.17) is 5.73 Å². The molecule has 0 saturated heterocycles. The number of hydrogen-bond acceptors (Lipinski definition) is 3. The zero-order chi connectivity index (χ0) is 12.6. The molecule has 1 heterocycles. The molecule has 0 aliphatic rings. The van der Waals surface area contributed by atoms with Gasteiger partial charge in [0.05, 0.1) is 11.0 Å². The molecule has 0 saturated carbocycles. The molecule has 1 aromatic carbocycles. The molecule has 1 aromatic heterocycles. The summed E-state index contributed by atoms with van der Waals surface area (Å²) in [6.45, 7) is 7.00. The summed E-state index contributed by atoms with van der Waals surface area (Å²) in [6.07, 6.45) is 0. The molecule has 17 heavy (non-hydrogen) atoms. The van der Waals surface area contributed by atoms with Gasteiger partial charge in [-0.05, 0) is 39.0 Å². The lowest BCUT2D eigenvalue weighted by Gasteiger charge is -2.21. The number of thioether (sulfide) groups is 1. The number of nitrogens with zero attached hydrogens (tertiary/aromatic N) is 2. The normalized spacial score (nSPS) is 12.3. The summed E-state index contributed by atoms with van der Waals surface area (Å²) >= 11 is 1.80. The molecular formula is C13H19N3S. The van der Waals surface area contributed by atoms with Gasteiger partial charge in [-0.1, -0.05) is 0 Å². The number of imidazole rings is 1. The summed E-state index contributed by atoms with van der Waals surface area (Å²) in [7, 11) is 2.04. The molecule has 0 amide bonds. The van der Waals surface area contributed by atoms with Crippen LogP contribution in [0.5, 0.6) is 0 Å². The molecule has 2 N–H and O–H groups in total. The van der Waals surface area contributed by atoms with E-state index >= 15 is 0 Å². The summed E-state index contributed by atoms with van der Waals surface area (Å²) < 4.78 is 2.18. The lowest BCUT2D eigenvalue weighted by Crippen LogP contribution is -2.26. The van der Waals surface area contributed by atoms with Gasteiger partial charge < -0.3 is 10.3 Å². The SMILES string of the molecule is Cc1nc2cc(SC(C)(C)CN)ccc2n1C. The average molecular weight is 249 g/mol. The summed E-state index contributed by atoms with van der Waals surface area (Å²) in [5.74, 6) is 1.04. The van der Waals surface area contributed by atoms with Crippen LogP contribution >= 0.6 is 11.8 Å². The zero-order valence-electron chi connectivity index (χ0n) is 10.8. The van der Waals surface area contributed by atoms with Gasteiger partial charge in [-0.15, -0.1) is 11.8 Å². The van der Waals surface area contributed by atoms with Crippen molar-refractivity contribution in [2.75, 3.05) is 6.54 Å². The summed E-state index contributed by atoms with van der Waals surface area (Å²) in [5, 5.41) is 0. The molecule has 0 aliphatic heterocycles. The van der Waals surface area contributed by atoms with Crippen molar-refractivity contribution in [3.63, 3.8) is 0 Å². The third-order valence-electron chi connectivity index (χ3n) is 2.96. The maximum atomic E-state index is 5.75. The Balaban J connectivity index is 2.39. The van der Waals surface area contributed by atoms with Crippen LogP contribution in [0.15, 0.2) is 23.1 Å². The van der Waals surface area contributed by atoms with E-state index in [1.165, 1.54) is 10.4 Å². The van der Waals surface area contributed by atoms with Crippen molar-refractivity contribution in [1.82, 2.24) is 9.55 Å². The van der Waals surface area contributed by atoms with Crippen molar-refractivity contribution in [2.45, 2.75) is 30.4 Å². The molecule has 0 unspecified atom stereocenters. The molecule has 0 bridgehead atoms. The molecule has 92 valence electrons. The van der Waals surface area contributed by atoms with Gasteiger partial charge in [0.2, 0.25) is 0 Å². The van der Waals surface area contributed by atoms with E-state index in [1.807, 2.05) is 14.0 Å². The van der Waals surface area contributed by atoms with E-state index in [1.54, 1.807) is 11.8 Å². The minimum Gasteiger partial charge on any atom is -0.331 e. The van der Waals surface area contributed by atoms with Gasteiger partial charge in [-0.25, -0.2) is 4.98 Å². The van der Waals surface area contributed by atoms with Gasteiger partial charge >= 0.3 is 0 Å². The van der Waals surface area contributed by atoms with Crippen LogP contribution in [0.3, 0.4) is 0 Å². The monoisotopic (exact) mass is 249 g/mol. The molecule has 2 rings (SSSR count). The fraction of sp³-hybridized carbons (Fsp3) is 0.462. The molecule has 0 atom stereocenters. The van der Waals surface area contributed by atoms with E-state index in [0.717, 1.165) is 11.3 Å². The van der Waals surface area contributed by atoms with Gasteiger partial charge in [0.15, 0.2) is 0 Å². The van der Waals surface area contributed by atoms with E-state index < -0.39 is 0 Å². The molecular weight excluding hydrogens is 230 g/mol. The van der Waals surface area contributed by atoms with Crippen molar-refractivity contribution in [3.05, 3.63) is 24.0 Å². The second-order valence-electron chi connectivity index (χ2n) is 4.93. The van der Waals surface area contributed by atoms with Gasteiger partial charge in [0, 0.05) is 23.2 Å². The first-order valence-corrected chi connectivity index (χ1v) is 6.57. The van der Waals surface area contributed by atoms with Crippen molar-refractivity contribution in [3.8, 4) is 0 Å². The van der Waals surface area contributed by atoms with Crippen LogP contribution in [-0.4, -0.2) is 20.8 Å². The van der Waals surface area contributed by atoms with E-state index in [0.29, 0.717) is 6.54 Å². The predicted molar refractivity (Wildman–Crippen MR) is 74.4 cm³/mol. The highest BCUT2D eigenvalue weighted by Gasteiger charge is 2.17. The van der Waals surface area contributed by atoms with E-state index in [9.17, 15) is 0 Å². The topological polar surface area (TPSA) is 43.8 Å². The first-order valence-electron chi connectivity index (χ1n) is 5.75. The Morgan fingerprint density at radius 1 is 1.41 bits per heavy atom. The zero-order valence-corrected chi connectivity index (χ0v) is 11.6. The molecule has 0 radical (unpaired) electrons. The summed E-state index contributed by atoms with van der Waals surface area (Å²) in [6, 6.07) is 6.42. The van der Waals surface area contributed by atoms with Gasteiger partial charge in [-0.3, -0.25) is 0 Å². The smallest absolute Gasteiger partial charge is 0.106 e. The maximum absolute atomic E-state index is 5.75. The van der Waals surface area contributed by atoms with Crippen LogP contribution in [0, 0.1) is 6.92 Å². The minimum absolute atomic E-state index is 0.0670. The quantitative estimate of drug-likeness (QED) is 0.851. The Morgan fingerprint density at radius 3 is 2.76 bits per heavy atom. The van der Waals surface area contributed by atoms with Gasteiger partial charge in [-0.2, -0.15) is 0 Å². The number of nitrogens with two attached hydrogens (primary N) is 1. The Labute approximate surface area is 106 Å². The van der Waals surface area contributed by atoms with Crippen molar-refractivity contribution >= 4 is 22.8 Å². The molecule has 0 aliphatic carbocycles. The number of fused-ring (bicyclic) bond motifs is 1. The Kier molecular flexibility index (Phi) is 3.19. The highest BCUT2D eigenvalue weighted by Crippen LogP contribution is 2.33. The fourth-order valence-electron chi connectivity index (χ4n) is 1.72. The lowest BCUT2D eigenvalue weighted by atomic mass is 10.2. The lowest BCUT2D eigenvalue weighted by molar-refractivity contribution is 0.723. The Hall–Kier alpha value is -1.00. The largest absolute Gasteiger partial charge is 0.331 e. The van der Waals surface area contributed by atoms with Crippen LogP contribution in [-0.2, 0) is 7.05 Å². The fourth-order valence-corrected chi connectivity index (χ4v) is 2.75. The number of aryl methyl sites for hydroxylation is 2. The molecule has 4 heteroatoms. The molecule has 0 spiro atoms. The van der Waals surface area contributed by atoms with Gasteiger partial charge in [0.1, 0.15) is 5.82 Å².